The maximum Gasteiger partial charge on any atom is 0.337 e. The summed E-state index contributed by atoms with van der Waals surface area (Å²) in [5, 5.41) is 6.05. The number of nitrogens with one attached hydrogen (secondary N) is 2. The van der Waals surface area contributed by atoms with E-state index in [1.807, 2.05) is 30.3 Å². The molecule has 3 aromatic rings. The Morgan fingerprint density at radius 3 is 2.38 bits per heavy atom. The lowest BCUT2D eigenvalue weighted by Gasteiger charge is -2.15. The molecular weight excluding hydrogens is 371 g/mol. The fraction of sp³-hybridized carbons (Fsp3) is 0.0435. The van der Waals surface area contributed by atoms with Gasteiger partial charge in [-0.2, -0.15) is 0 Å². The van der Waals surface area contributed by atoms with Gasteiger partial charge in [0, 0.05) is 11.3 Å². The molecule has 29 heavy (non-hydrogen) atoms. The lowest BCUT2D eigenvalue weighted by molar-refractivity contribution is -0.110. The van der Waals surface area contributed by atoms with Gasteiger partial charge in [0.25, 0.3) is 5.91 Å². The molecule has 0 radical (unpaired) electrons. The first-order valence-electron chi connectivity index (χ1n) is 8.93. The predicted octanol–water partition coefficient (Wildman–Crippen LogP) is 4.54. The molecule has 0 unspecified atom stereocenters. The van der Waals surface area contributed by atoms with Crippen molar-refractivity contribution in [2.24, 2.45) is 0 Å². The number of anilines is 2. The van der Waals surface area contributed by atoms with Crippen LogP contribution in [-0.4, -0.2) is 19.0 Å². The summed E-state index contributed by atoms with van der Waals surface area (Å²) in [6.45, 7) is 0. The Morgan fingerprint density at radius 1 is 0.966 bits per heavy atom. The van der Waals surface area contributed by atoms with Crippen LogP contribution in [0.2, 0.25) is 0 Å². The number of fused-ring (bicyclic) bond motifs is 1. The van der Waals surface area contributed by atoms with Crippen LogP contribution in [0.15, 0.2) is 72.8 Å². The molecular formula is C23H17FN2O3. The molecule has 0 saturated carbocycles. The monoisotopic (exact) mass is 388 g/mol. The number of halogens is 1. The largest absolute Gasteiger partial charge is 0.465 e. The summed E-state index contributed by atoms with van der Waals surface area (Å²) < 4.78 is 18.0. The van der Waals surface area contributed by atoms with Crippen LogP contribution in [0.3, 0.4) is 0 Å². The van der Waals surface area contributed by atoms with Crippen LogP contribution in [-0.2, 0) is 9.53 Å². The first kappa shape index (κ1) is 18.4. The summed E-state index contributed by atoms with van der Waals surface area (Å²) in [6.07, 6.45) is 0. The van der Waals surface area contributed by atoms with Crippen LogP contribution < -0.4 is 10.6 Å². The SMILES string of the molecule is COC(=O)c1ccc2c(c1)NC(=O)/C2=C(\Nc1ccc(F)cc1)c1ccccc1. The quantitative estimate of drug-likeness (QED) is 0.508. The molecule has 5 nitrogen and oxygen atoms in total. The first-order valence-corrected chi connectivity index (χ1v) is 8.93. The number of rotatable bonds is 4. The van der Waals surface area contributed by atoms with Crippen LogP contribution in [0, 0.1) is 5.82 Å². The van der Waals surface area contributed by atoms with E-state index in [4.69, 9.17) is 4.74 Å². The van der Waals surface area contributed by atoms with Gasteiger partial charge in [-0.15, -0.1) is 0 Å². The topological polar surface area (TPSA) is 67.4 Å². The molecule has 0 bridgehead atoms. The molecule has 144 valence electrons. The zero-order valence-electron chi connectivity index (χ0n) is 15.5. The number of ether oxygens (including phenoxy) is 1. The number of hydrogen-bond acceptors (Lipinski definition) is 4. The molecule has 1 heterocycles. The summed E-state index contributed by atoms with van der Waals surface area (Å²) in [6, 6.07) is 20.2. The molecule has 0 atom stereocenters. The Bertz CT molecular complexity index is 1120. The third-order valence-electron chi connectivity index (χ3n) is 4.61. The summed E-state index contributed by atoms with van der Waals surface area (Å²) in [4.78, 5) is 24.7. The second kappa shape index (κ2) is 7.59. The molecule has 1 aliphatic rings. The molecule has 0 saturated heterocycles. The van der Waals surface area contributed by atoms with Crippen LogP contribution in [0.4, 0.5) is 15.8 Å². The maximum atomic E-state index is 13.3. The van der Waals surface area contributed by atoms with Crippen molar-refractivity contribution < 1.29 is 18.7 Å². The summed E-state index contributed by atoms with van der Waals surface area (Å²) in [7, 11) is 1.31. The van der Waals surface area contributed by atoms with Crippen LogP contribution in [0.1, 0.15) is 21.5 Å². The second-order valence-corrected chi connectivity index (χ2v) is 6.45. The van der Waals surface area contributed by atoms with E-state index in [2.05, 4.69) is 10.6 Å². The molecule has 2 N–H and O–H groups in total. The average Bonchev–Trinajstić information content (AvgIpc) is 3.08. The van der Waals surface area contributed by atoms with Crippen LogP contribution >= 0.6 is 0 Å². The third kappa shape index (κ3) is 3.60. The van der Waals surface area contributed by atoms with Crippen molar-refractivity contribution in [1.82, 2.24) is 0 Å². The molecule has 0 spiro atoms. The zero-order chi connectivity index (χ0) is 20.4. The Kier molecular flexibility index (Phi) is 4.83. The second-order valence-electron chi connectivity index (χ2n) is 6.45. The number of carbonyl (C=O) groups is 2. The predicted molar refractivity (Wildman–Crippen MR) is 110 cm³/mol. The smallest absolute Gasteiger partial charge is 0.337 e. The Balaban J connectivity index is 1.86. The van der Waals surface area contributed by atoms with E-state index in [1.165, 1.54) is 19.2 Å². The Morgan fingerprint density at radius 2 is 1.69 bits per heavy atom. The van der Waals surface area contributed by atoms with Gasteiger partial charge >= 0.3 is 5.97 Å². The van der Waals surface area contributed by atoms with E-state index in [-0.39, 0.29) is 11.7 Å². The van der Waals surface area contributed by atoms with Gasteiger partial charge in [0.05, 0.1) is 29.6 Å². The fourth-order valence-corrected chi connectivity index (χ4v) is 3.23. The highest BCUT2D eigenvalue weighted by Crippen LogP contribution is 2.38. The van der Waals surface area contributed by atoms with Crippen molar-refractivity contribution in [2.75, 3.05) is 17.7 Å². The minimum atomic E-state index is -0.479. The van der Waals surface area contributed by atoms with Crippen LogP contribution in [0.25, 0.3) is 11.3 Å². The fourth-order valence-electron chi connectivity index (χ4n) is 3.23. The Hall–Kier alpha value is -3.93. The molecule has 4 rings (SSSR count). The molecule has 1 aliphatic heterocycles. The van der Waals surface area contributed by atoms with Crippen molar-refractivity contribution in [3.8, 4) is 0 Å². The average molecular weight is 388 g/mol. The van der Waals surface area contributed by atoms with E-state index in [1.54, 1.807) is 30.3 Å². The highest BCUT2D eigenvalue weighted by molar-refractivity contribution is 6.37. The van der Waals surface area contributed by atoms with E-state index in [0.717, 1.165) is 5.56 Å². The lowest BCUT2D eigenvalue weighted by atomic mass is 9.99. The molecule has 6 heteroatoms. The van der Waals surface area contributed by atoms with Crippen LogP contribution in [0.5, 0.6) is 0 Å². The van der Waals surface area contributed by atoms with Gasteiger partial charge in [-0.1, -0.05) is 36.4 Å². The summed E-state index contributed by atoms with van der Waals surface area (Å²) >= 11 is 0. The van der Waals surface area contributed by atoms with E-state index >= 15 is 0 Å². The minimum Gasteiger partial charge on any atom is -0.465 e. The van der Waals surface area contributed by atoms with Gasteiger partial charge in [0.1, 0.15) is 5.82 Å². The van der Waals surface area contributed by atoms with E-state index < -0.39 is 5.97 Å². The van der Waals surface area contributed by atoms with Crippen molar-refractivity contribution in [3.05, 3.63) is 95.3 Å². The normalized spacial score (nSPS) is 14.1. The van der Waals surface area contributed by atoms with Crippen molar-refractivity contribution in [2.45, 2.75) is 0 Å². The molecule has 0 fully saturated rings. The number of methoxy groups -OCH3 is 1. The van der Waals surface area contributed by atoms with Crippen molar-refractivity contribution in [1.29, 1.82) is 0 Å². The van der Waals surface area contributed by atoms with Crippen molar-refractivity contribution in [3.63, 3.8) is 0 Å². The zero-order valence-corrected chi connectivity index (χ0v) is 15.5. The minimum absolute atomic E-state index is 0.296. The molecule has 1 amide bonds. The Labute approximate surface area is 166 Å². The molecule has 3 aromatic carbocycles. The van der Waals surface area contributed by atoms with Gasteiger partial charge < -0.3 is 15.4 Å². The maximum absolute atomic E-state index is 13.3. The highest BCUT2D eigenvalue weighted by atomic mass is 19.1. The molecule has 0 aromatic heterocycles. The van der Waals surface area contributed by atoms with Gasteiger partial charge in [-0.05, 0) is 42.0 Å². The van der Waals surface area contributed by atoms with Gasteiger partial charge in [0.15, 0.2) is 0 Å². The number of amides is 1. The standard InChI is InChI=1S/C23H17FN2O3/c1-29-23(28)15-7-12-18-19(13-15)26-22(27)20(18)21(14-5-3-2-4-6-14)25-17-10-8-16(24)9-11-17/h2-13,25H,1H3,(H,26,27)/b21-20-. The van der Waals surface area contributed by atoms with E-state index in [9.17, 15) is 14.0 Å². The summed E-state index contributed by atoms with van der Waals surface area (Å²) in [5.41, 5.74) is 4.00. The number of hydrogen-bond donors (Lipinski definition) is 2. The van der Waals surface area contributed by atoms with E-state index in [0.29, 0.717) is 33.8 Å². The van der Waals surface area contributed by atoms with Gasteiger partial charge in [0.2, 0.25) is 0 Å². The third-order valence-corrected chi connectivity index (χ3v) is 4.61. The highest BCUT2D eigenvalue weighted by Gasteiger charge is 2.29. The van der Waals surface area contributed by atoms with Gasteiger partial charge in [-0.3, -0.25) is 4.79 Å². The lowest BCUT2D eigenvalue weighted by Crippen LogP contribution is -2.10. The summed E-state index contributed by atoms with van der Waals surface area (Å²) in [5.74, 6) is -1.12. The van der Waals surface area contributed by atoms with Crippen molar-refractivity contribution >= 4 is 34.5 Å². The molecule has 0 aliphatic carbocycles. The number of benzene rings is 3. The van der Waals surface area contributed by atoms with Gasteiger partial charge in [-0.25, -0.2) is 9.18 Å². The first-order chi connectivity index (χ1) is 14.1. The number of esters is 1. The number of carbonyl (C=O) groups excluding carboxylic acids is 2.